The number of halogens is 3. The Morgan fingerprint density at radius 1 is 1.24 bits per heavy atom. The molecule has 0 aliphatic rings. The van der Waals surface area contributed by atoms with E-state index in [1.165, 1.54) is 10.4 Å². The van der Waals surface area contributed by atoms with Gasteiger partial charge in [0.25, 0.3) is 11.6 Å². The largest absolute Gasteiger partial charge is 0.453 e. The normalized spacial score (nSPS) is 13.4. The van der Waals surface area contributed by atoms with Gasteiger partial charge in [0, 0.05) is 21.5 Å². The first-order valence-corrected chi connectivity index (χ1v) is 8.68. The maximum Gasteiger partial charge on any atom is 0.453 e. The van der Waals surface area contributed by atoms with E-state index in [1.54, 1.807) is 24.3 Å². The molecule has 3 aromatic rings. The van der Waals surface area contributed by atoms with Gasteiger partial charge in [-0.05, 0) is 38.8 Å². The Balaban J connectivity index is 1.98. The van der Waals surface area contributed by atoms with Crippen LogP contribution in [0.5, 0.6) is 0 Å². The van der Waals surface area contributed by atoms with Crippen LogP contribution in [0.15, 0.2) is 12.1 Å². The standard InChI is InChI=1S/C16H18F3N5S/c1-5-11-8(2)6-12(25-11)10(4)21-13-7-9(3)20-15-22-14(16(17,18)19)23-24(13)15/h6-7,10,21H,5H2,1-4H3. The van der Waals surface area contributed by atoms with Crippen LogP contribution in [0.25, 0.3) is 5.78 Å². The van der Waals surface area contributed by atoms with Gasteiger partial charge in [-0.1, -0.05) is 6.92 Å². The molecule has 3 aromatic heterocycles. The van der Waals surface area contributed by atoms with Crippen molar-refractivity contribution in [3.05, 3.63) is 39.0 Å². The molecule has 1 unspecified atom stereocenters. The van der Waals surface area contributed by atoms with Crippen molar-refractivity contribution < 1.29 is 13.2 Å². The maximum absolute atomic E-state index is 12.9. The second-order valence-corrected chi connectivity index (χ2v) is 7.07. The van der Waals surface area contributed by atoms with Crippen LogP contribution in [-0.2, 0) is 12.6 Å². The summed E-state index contributed by atoms with van der Waals surface area (Å²) in [5.74, 6) is -0.831. The monoisotopic (exact) mass is 369 g/mol. The molecule has 3 heterocycles. The highest BCUT2D eigenvalue weighted by Crippen LogP contribution is 2.31. The van der Waals surface area contributed by atoms with E-state index < -0.39 is 12.0 Å². The minimum Gasteiger partial charge on any atom is -0.363 e. The summed E-state index contributed by atoms with van der Waals surface area (Å²) in [5, 5.41) is 6.80. The van der Waals surface area contributed by atoms with Crippen molar-refractivity contribution >= 4 is 22.9 Å². The van der Waals surface area contributed by atoms with Crippen molar-refractivity contribution in [1.82, 2.24) is 19.6 Å². The van der Waals surface area contributed by atoms with Crippen LogP contribution in [0, 0.1) is 13.8 Å². The number of aryl methyl sites for hydroxylation is 3. The Morgan fingerprint density at radius 2 is 1.96 bits per heavy atom. The third-order valence-corrected chi connectivity index (χ3v) is 5.41. The van der Waals surface area contributed by atoms with Gasteiger partial charge in [0.15, 0.2) is 0 Å². The van der Waals surface area contributed by atoms with Gasteiger partial charge in [-0.2, -0.15) is 22.7 Å². The fourth-order valence-electron chi connectivity index (χ4n) is 2.61. The van der Waals surface area contributed by atoms with E-state index in [4.69, 9.17) is 0 Å². The number of aromatic nitrogens is 4. The number of thiophene rings is 1. The summed E-state index contributed by atoms with van der Waals surface area (Å²) in [6.07, 6.45) is -3.65. The molecule has 0 fully saturated rings. The number of hydrogen-bond acceptors (Lipinski definition) is 5. The van der Waals surface area contributed by atoms with Gasteiger partial charge in [-0.15, -0.1) is 16.4 Å². The minimum atomic E-state index is -4.61. The molecule has 134 valence electrons. The zero-order chi connectivity index (χ0) is 18.4. The highest BCUT2D eigenvalue weighted by atomic mass is 32.1. The summed E-state index contributed by atoms with van der Waals surface area (Å²) < 4.78 is 39.8. The zero-order valence-corrected chi connectivity index (χ0v) is 15.1. The minimum absolute atomic E-state index is 0.0707. The first-order chi connectivity index (χ1) is 11.7. The zero-order valence-electron chi connectivity index (χ0n) is 14.3. The Hall–Kier alpha value is -2.16. The number of alkyl halides is 3. The lowest BCUT2D eigenvalue weighted by atomic mass is 10.2. The van der Waals surface area contributed by atoms with Gasteiger partial charge in [-0.25, -0.2) is 4.98 Å². The van der Waals surface area contributed by atoms with Crippen molar-refractivity contribution in [2.75, 3.05) is 5.32 Å². The predicted octanol–water partition coefficient (Wildman–Crippen LogP) is 4.56. The molecule has 0 aliphatic carbocycles. The van der Waals surface area contributed by atoms with Crippen LogP contribution in [0.1, 0.15) is 46.7 Å². The fraction of sp³-hybridized carbons (Fsp3) is 0.438. The number of hydrogen-bond donors (Lipinski definition) is 1. The van der Waals surface area contributed by atoms with Crippen LogP contribution in [0.3, 0.4) is 0 Å². The van der Waals surface area contributed by atoms with Crippen LogP contribution in [0.4, 0.5) is 19.0 Å². The van der Waals surface area contributed by atoms with Crippen LogP contribution in [0.2, 0.25) is 0 Å². The molecule has 1 atom stereocenters. The summed E-state index contributed by atoms with van der Waals surface area (Å²) in [6, 6.07) is 3.70. The summed E-state index contributed by atoms with van der Waals surface area (Å²) >= 11 is 1.70. The Kier molecular flexibility index (Phi) is 4.44. The molecule has 0 radical (unpaired) electrons. The van der Waals surface area contributed by atoms with E-state index in [0.717, 1.165) is 15.8 Å². The third kappa shape index (κ3) is 3.46. The molecule has 0 aliphatic heterocycles. The van der Waals surface area contributed by atoms with Gasteiger partial charge in [-0.3, -0.25) is 0 Å². The van der Waals surface area contributed by atoms with Crippen molar-refractivity contribution in [2.24, 2.45) is 0 Å². The molecule has 0 bridgehead atoms. The molecule has 5 nitrogen and oxygen atoms in total. The average molecular weight is 369 g/mol. The number of anilines is 1. The lowest BCUT2D eigenvalue weighted by Crippen LogP contribution is -2.11. The van der Waals surface area contributed by atoms with Crippen molar-refractivity contribution in [2.45, 2.75) is 46.3 Å². The fourth-order valence-corrected chi connectivity index (χ4v) is 3.73. The quantitative estimate of drug-likeness (QED) is 0.733. The number of fused-ring (bicyclic) bond motifs is 1. The highest BCUT2D eigenvalue weighted by molar-refractivity contribution is 7.12. The molecule has 0 spiro atoms. The lowest BCUT2D eigenvalue weighted by Gasteiger charge is -2.14. The molecule has 0 saturated heterocycles. The van der Waals surface area contributed by atoms with E-state index in [1.807, 2.05) is 6.92 Å². The Labute approximate surface area is 146 Å². The van der Waals surface area contributed by atoms with Crippen LogP contribution < -0.4 is 5.32 Å². The summed E-state index contributed by atoms with van der Waals surface area (Å²) in [5.41, 5.74) is 1.80. The molecule has 9 heteroatoms. The van der Waals surface area contributed by atoms with E-state index in [9.17, 15) is 13.2 Å². The molecular formula is C16H18F3N5S. The second kappa shape index (κ2) is 6.29. The Morgan fingerprint density at radius 3 is 2.56 bits per heavy atom. The average Bonchev–Trinajstić information content (AvgIpc) is 3.10. The first-order valence-electron chi connectivity index (χ1n) is 7.86. The van der Waals surface area contributed by atoms with Crippen molar-refractivity contribution in [1.29, 1.82) is 0 Å². The van der Waals surface area contributed by atoms with Gasteiger partial charge in [0.05, 0.1) is 6.04 Å². The molecule has 1 N–H and O–H groups in total. The van der Waals surface area contributed by atoms with Gasteiger partial charge >= 0.3 is 6.18 Å². The molecule has 25 heavy (non-hydrogen) atoms. The van der Waals surface area contributed by atoms with E-state index >= 15 is 0 Å². The molecule has 3 rings (SSSR count). The van der Waals surface area contributed by atoms with Crippen molar-refractivity contribution in [3.63, 3.8) is 0 Å². The molecule has 0 saturated carbocycles. The summed E-state index contributed by atoms with van der Waals surface area (Å²) in [7, 11) is 0. The SMILES string of the molecule is CCc1sc(C(C)Nc2cc(C)nc3nc(C(F)(F)F)nn23)cc1C. The second-order valence-electron chi connectivity index (χ2n) is 5.90. The van der Waals surface area contributed by atoms with E-state index in [-0.39, 0.29) is 11.8 Å². The topological polar surface area (TPSA) is 55.1 Å². The third-order valence-electron chi connectivity index (χ3n) is 3.85. The summed E-state index contributed by atoms with van der Waals surface area (Å²) in [6.45, 7) is 7.84. The maximum atomic E-state index is 12.9. The Bertz CT molecular complexity index is 913. The van der Waals surface area contributed by atoms with Crippen LogP contribution in [-0.4, -0.2) is 19.6 Å². The van der Waals surface area contributed by atoms with E-state index in [0.29, 0.717) is 11.5 Å². The number of nitrogens with one attached hydrogen (secondary N) is 1. The van der Waals surface area contributed by atoms with Crippen LogP contribution >= 0.6 is 11.3 Å². The highest BCUT2D eigenvalue weighted by Gasteiger charge is 2.37. The molecular weight excluding hydrogens is 351 g/mol. The van der Waals surface area contributed by atoms with Gasteiger partial charge in [0.1, 0.15) is 5.82 Å². The first kappa shape index (κ1) is 17.7. The summed E-state index contributed by atoms with van der Waals surface area (Å²) in [4.78, 5) is 9.95. The predicted molar refractivity (Wildman–Crippen MR) is 91.0 cm³/mol. The smallest absolute Gasteiger partial charge is 0.363 e. The number of rotatable bonds is 4. The van der Waals surface area contributed by atoms with E-state index in [2.05, 4.69) is 40.3 Å². The van der Waals surface area contributed by atoms with Gasteiger partial charge < -0.3 is 5.32 Å². The molecule has 0 amide bonds. The van der Waals surface area contributed by atoms with Crippen molar-refractivity contribution in [3.8, 4) is 0 Å². The number of nitrogens with zero attached hydrogens (tertiary/aromatic N) is 4. The molecule has 0 aromatic carbocycles. The lowest BCUT2D eigenvalue weighted by molar-refractivity contribution is -0.144. The van der Waals surface area contributed by atoms with Gasteiger partial charge in [0.2, 0.25) is 0 Å².